The van der Waals surface area contributed by atoms with Crippen LogP contribution in [0.5, 0.6) is 0 Å². The van der Waals surface area contributed by atoms with Gasteiger partial charge in [-0.3, -0.25) is 4.79 Å². The summed E-state index contributed by atoms with van der Waals surface area (Å²) in [6.45, 7) is 0. The zero-order valence-electron chi connectivity index (χ0n) is 9.27. The van der Waals surface area contributed by atoms with Crippen LogP contribution in [0.15, 0.2) is 44.8 Å². The molecular weight excluding hydrogens is 252 g/mol. The fourth-order valence-electron chi connectivity index (χ4n) is 1.34. The molecule has 0 bridgehead atoms. The minimum Gasteiger partial charge on any atom is -0.398 e. The molecule has 1 aromatic heterocycles. The van der Waals surface area contributed by atoms with Gasteiger partial charge in [0.15, 0.2) is 0 Å². The summed E-state index contributed by atoms with van der Waals surface area (Å²) < 4.78 is 1.16. The van der Waals surface area contributed by atoms with Crippen molar-refractivity contribution in [2.45, 2.75) is 9.10 Å². The molecule has 17 heavy (non-hydrogen) atoms. The highest BCUT2D eigenvalue weighted by atomic mass is 32.2. The number of benzene rings is 1. The number of thiophene rings is 1. The lowest BCUT2D eigenvalue weighted by Crippen LogP contribution is -2.17. The minimum atomic E-state index is -0.0990. The van der Waals surface area contributed by atoms with Crippen LogP contribution in [0.25, 0.3) is 0 Å². The summed E-state index contributed by atoms with van der Waals surface area (Å²) >= 11 is 3.23. The van der Waals surface area contributed by atoms with Crippen LogP contribution in [0.2, 0.25) is 0 Å². The van der Waals surface area contributed by atoms with Gasteiger partial charge in [0.2, 0.25) is 0 Å². The molecule has 3 N–H and O–H groups in total. The lowest BCUT2D eigenvalue weighted by Gasteiger charge is -2.06. The highest BCUT2D eigenvalue weighted by Crippen LogP contribution is 2.35. The van der Waals surface area contributed by atoms with E-state index in [-0.39, 0.29) is 5.91 Å². The molecule has 0 aliphatic rings. The Morgan fingerprint density at radius 3 is 2.88 bits per heavy atom. The van der Waals surface area contributed by atoms with E-state index in [9.17, 15) is 4.79 Å². The van der Waals surface area contributed by atoms with Crippen molar-refractivity contribution in [3.8, 4) is 0 Å². The maximum atomic E-state index is 11.5. The van der Waals surface area contributed by atoms with Gasteiger partial charge in [0.05, 0.1) is 4.21 Å². The highest BCUT2D eigenvalue weighted by molar-refractivity contribution is 8.01. The smallest absolute Gasteiger partial charge is 0.251 e. The van der Waals surface area contributed by atoms with Crippen molar-refractivity contribution >= 4 is 34.7 Å². The standard InChI is InChI=1S/C12H12N2OS2/c1-14-12(15)8-4-5-9(13)10(7-8)17-11-3-2-6-16-11/h2-7H,13H2,1H3,(H,14,15). The van der Waals surface area contributed by atoms with Crippen LogP contribution in [-0.2, 0) is 0 Å². The molecular formula is C12H12N2OS2. The number of carbonyl (C=O) groups is 1. The molecule has 0 aliphatic carbocycles. The Labute approximate surface area is 108 Å². The Bertz CT molecular complexity index is 523. The van der Waals surface area contributed by atoms with Gasteiger partial charge in [-0.25, -0.2) is 0 Å². The first-order valence-corrected chi connectivity index (χ1v) is 6.73. The Hall–Kier alpha value is -1.46. The molecule has 0 fully saturated rings. The average molecular weight is 264 g/mol. The van der Waals surface area contributed by atoms with E-state index in [1.54, 1.807) is 42.3 Å². The van der Waals surface area contributed by atoms with Gasteiger partial charge >= 0.3 is 0 Å². The van der Waals surface area contributed by atoms with Crippen molar-refractivity contribution in [2.24, 2.45) is 0 Å². The zero-order valence-corrected chi connectivity index (χ0v) is 10.9. The largest absolute Gasteiger partial charge is 0.398 e. The van der Waals surface area contributed by atoms with E-state index >= 15 is 0 Å². The molecule has 0 spiro atoms. The SMILES string of the molecule is CNC(=O)c1ccc(N)c(Sc2cccs2)c1. The van der Waals surface area contributed by atoms with E-state index in [0.717, 1.165) is 9.10 Å². The number of carbonyl (C=O) groups excluding carboxylic acids is 1. The van der Waals surface area contributed by atoms with E-state index in [0.29, 0.717) is 11.3 Å². The summed E-state index contributed by atoms with van der Waals surface area (Å²) in [4.78, 5) is 12.4. The monoisotopic (exact) mass is 264 g/mol. The zero-order chi connectivity index (χ0) is 12.3. The molecule has 2 aromatic rings. The summed E-state index contributed by atoms with van der Waals surface area (Å²) in [5, 5.41) is 4.62. The number of nitrogen functional groups attached to an aromatic ring is 1. The van der Waals surface area contributed by atoms with Crippen molar-refractivity contribution in [1.82, 2.24) is 5.32 Å². The molecule has 1 amide bonds. The Morgan fingerprint density at radius 2 is 2.24 bits per heavy atom. The maximum absolute atomic E-state index is 11.5. The van der Waals surface area contributed by atoms with Gasteiger partial charge in [-0.15, -0.1) is 11.3 Å². The molecule has 0 saturated carbocycles. The minimum absolute atomic E-state index is 0.0990. The predicted molar refractivity (Wildman–Crippen MR) is 72.7 cm³/mol. The molecule has 0 aliphatic heterocycles. The van der Waals surface area contributed by atoms with Crippen molar-refractivity contribution < 1.29 is 4.79 Å². The molecule has 1 aromatic carbocycles. The molecule has 0 atom stereocenters. The van der Waals surface area contributed by atoms with Crippen LogP contribution in [0.1, 0.15) is 10.4 Å². The first-order chi connectivity index (χ1) is 8.20. The van der Waals surface area contributed by atoms with Crippen LogP contribution in [0.3, 0.4) is 0 Å². The second kappa shape index (κ2) is 5.25. The second-order valence-corrected chi connectivity index (χ2v) is 5.66. The van der Waals surface area contributed by atoms with Gasteiger partial charge in [-0.1, -0.05) is 17.8 Å². The van der Waals surface area contributed by atoms with E-state index in [2.05, 4.69) is 5.32 Å². The molecule has 0 radical (unpaired) electrons. The third-order valence-corrected chi connectivity index (χ3v) is 4.32. The van der Waals surface area contributed by atoms with Crippen LogP contribution >= 0.6 is 23.1 Å². The summed E-state index contributed by atoms with van der Waals surface area (Å²) in [5.41, 5.74) is 7.22. The summed E-state index contributed by atoms with van der Waals surface area (Å²) in [5.74, 6) is -0.0990. The quantitative estimate of drug-likeness (QED) is 0.838. The van der Waals surface area contributed by atoms with Gasteiger partial charge in [-0.05, 0) is 29.6 Å². The Balaban J connectivity index is 2.29. The average Bonchev–Trinajstić information content (AvgIpc) is 2.84. The molecule has 0 unspecified atom stereocenters. The fraction of sp³-hybridized carbons (Fsp3) is 0.0833. The predicted octanol–water partition coefficient (Wildman–Crippen LogP) is 2.84. The van der Waals surface area contributed by atoms with Crippen molar-refractivity contribution in [3.63, 3.8) is 0 Å². The Morgan fingerprint density at radius 1 is 1.41 bits per heavy atom. The van der Waals surface area contributed by atoms with E-state index < -0.39 is 0 Å². The van der Waals surface area contributed by atoms with Crippen LogP contribution in [-0.4, -0.2) is 13.0 Å². The molecule has 0 saturated heterocycles. The number of anilines is 1. The number of hydrogen-bond donors (Lipinski definition) is 2. The van der Waals surface area contributed by atoms with Crippen LogP contribution in [0, 0.1) is 0 Å². The van der Waals surface area contributed by atoms with E-state index in [1.165, 1.54) is 0 Å². The third-order valence-electron chi connectivity index (χ3n) is 2.21. The summed E-state index contributed by atoms with van der Waals surface area (Å²) in [6, 6.07) is 9.33. The highest BCUT2D eigenvalue weighted by Gasteiger charge is 2.08. The Kier molecular flexibility index (Phi) is 3.71. The van der Waals surface area contributed by atoms with Crippen molar-refractivity contribution in [3.05, 3.63) is 41.3 Å². The lowest BCUT2D eigenvalue weighted by atomic mass is 10.2. The summed E-state index contributed by atoms with van der Waals surface area (Å²) in [7, 11) is 1.62. The second-order valence-electron chi connectivity index (χ2n) is 3.37. The fourth-order valence-corrected chi connectivity index (χ4v) is 3.15. The first kappa shape index (κ1) is 12.0. The van der Waals surface area contributed by atoms with Gasteiger partial charge in [0.25, 0.3) is 5.91 Å². The third kappa shape index (κ3) is 2.81. The molecule has 1 heterocycles. The van der Waals surface area contributed by atoms with Crippen molar-refractivity contribution in [1.29, 1.82) is 0 Å². The maximum Gasteiger partial charge on any atom is 0.251 e. The molecule has 88 valence electrons. The van der Waals surface area contributed by atoms with Gasteiger partial charge in [0.1, 0.15) is 0 Å². The first-order valence-electron chi connectivity index (χ1n) is 5.03. The number of amides is 1. The number of rotatable bonds is 3. The van der Waals surface area contributed by atoms with Crippen molar-refractivity contribution in [2.75, 3.05) is 12.8 Å². The van der Waals surface area contributed by atoms with Gasteiger partial charge in [0, 0.05) is 23.2 Å². The van der Waals surface area contributed by atoms with Gasteiger partial charge < -0.3 is 11.1 Å². The number of nitrogens with one attached hydrogen (secondary N) is 1. The van der Waals surface area contributed by atoms with E-state index in [1.807, 2.05) is 23.6 Å². The molecule has 5 heteroatoms. The normalized spacial score (nSPS) is 10.2. The lowest BCUT2D eigenvalue weighted by molar-refractivity contribution is 0.0963. The number of hydrogen-bond acceptors (Lipinski definition) is 4. The molecule has 2 rings (SSSR count). The summed E-state index contributed by atoms with van der Waals surface area (Å²) in [6.07, 6.45) is 0. The van der Waals surface area contributed by atoms with Crippen LogP contribution in [0.4, 0.5) is 5.69 Å². The topological polar surface area (TPSA) is 55.1 Å². The van der Waals surface area contributed by atoms with Gasteiger partial charge in [-0.2, -0.15) is 0 Å². The van der Waals surface area contributed by atoms with E-state index in [4.69, 9.17) is 5.73 Å². The van der Waals surface area contributed by atoms with Crippen LogP contribution < -0.4 is 11.1 Å². The number of nitrogens with two attached hydrogens (primary N) is 1. The molecule has 3 nitrogen and oxygen atoms in total.